The molecule has 2 amide bonds. The Bertz CT molecular complexity index is 1520. The molecule has 38 heavy (non-hydrogen) atoms. The summed E-state index contributed by atoms with van der Waals surface area (Å²) in [5.74, 6) is -2.92. The number of Topliss-reactive ketones (excluding diaryl/α,β-unsaturated/α-hetero) is 1. The van der Waals surface area contributed by atoms with Crippen molar-refractivity contribution < 1.29 is 27.2 Å². The third kappa shape index (κ3) is 5.02. The number of aryl methyl sites for hydroxylation is 1. The predicted molar refractivity (Wildman–Crippen MR) is 144 cm³/mol. The molecule has 1 aliphatic carbocycles. The molecule has 0 atom stereocenters. The third-order valence-electron chi connectivity index (χ3n) is 7.18. The second kappa shape index (κ2) is 10.4. The van der Waals surface area contributed by atoms with Crippen molar-refractivity contribution in [1.82, 2.24) is 9.55 Å². The fourth-order valence-electron chi connectivity index (χ4n) is 5.26. The van der Waals surface area contributed by atoms with Crippen molar-refractivity contribution >= 4 is 44.5 Å². The number of anilines is 1. The van der Waals surface area contributed by atoms with E-state index in [1.807, 2.05) is 0 Å². The van der Waals surface area contributed by atoms with Crippen LogP contribution in [0.1, 0.15) is 57.7 Å². The van der Waals surface area contributed by atoms with Gasteiger partial charge in [-0.1, -0.05) is 0 Å². The number of primary amides is 1. The van der Waals surface area contributed by atoms with Crippen molar-refractivity contribution in [2.24, 2.45) is 12.8 Å². The molecule has 0 bridgehead atoms. The van der Waals surface area contributed by atoms with Gasteiger partial charge in [-0.25, -0.2) is 17.8 Å². The first-order valence-corrected chi connectivity index (χ1v) is 14.9. The first kappa shape index (κ1) is 27.6. The normalized spacial score (nSPS) is 17.8. The van der Waals surface area contributed by atoms with Crippen molar-refractivity contribution in [2.75, 3.05) is 11.2 Å². The minimum atomic E-state index is -3.25. The number of carbonyl (C=O) groups excluding carboxylic acids is 3. The number of benzene rings is 1. The number of nitrogens with zero attached hydrogens (tertiary/aromatic N) is 3. The van der Waals surface area contributed by atoms with Gasteiger partial charge in [0, 0.05) is 36.6 Å². The van der Waals surface area contributed by atoms with Crippen LogP contribution in [0.5, 0.6) is 0 Å². The number of ketones is 1. The number of carbonyl (C=O) groups is 3. The predicted octanol–water partition coefficient (Wildman–Crippen LogP) is 3.58. The number of amides is 2. The van der Waals surface area contributed by atoms with Gasteiger partial charge in [0.25, 0.3) is 11.7 Å². The van der Waals surface area contributed by atoms with E-state index in [1.54, 1.807) is 32.5 Å². The van der Waals surface area contributed by atoms with Gasteiger partial charge in [0.15, 0.2) is 0 Å². The average Bonchev–Trinajstić information content (AvgIpc) is 3.46. The number of aromatic nitrogens is 2. The Morgan fingerprint density at radius 1 is 1.16 bits per heavy atom. The molecule has 0 spiro atoms. The first-order valence-electron chi connectivity index (χ1n) is 12.0. The monoisotopic (exact) mass is 560 g/mol. The van der Waals surface area contributed by atoms with Gasteiger partial charge in [-0.3, -0.25) is 14.4 Å². The smallest absolute Gasteiger partial charge is 0.301 e. The van der Waals surface area contributed by atoms with Crippen molar-refractivity contribution in [1.29, 1.82) is 0 Å². The number of nitrogens with two attached hydrogens (primary N) is 1. The Hall–Kier alpha value is -3.38. The summed E-state index contributed by atoms with van der Waals surface area (Å²) in [5, 5.41) is 1.68. The van der Waals surface area contributed by atoms with Gasteiger partial charge in [0.2, 0.25) is 0 Å². The van der Waals surface area contributed by atoms with E-state index in [-0.39, 0.29) is 16.8 Å². The highest BCUT2D eigenvalue weighted by atomic mass is 32.2. The molecule has 2 heterocycles. The first-order chi connectivity index (χ1) is 17.8. The van der Waals surface area contributed by atoms with Crippen LogP contribution in [0.25, 0.3) is 10.7 Å². The Morgan fingerprint density at radius 2 is 1.82 bits per heavy atom. The maximum Gasteiger partial charge on any atom is 0.301 e. The average molecular weight is 561 g/mol. The SMILES string of the molecule is Cc1cc(N(C(=O)C(=O)c2c(C)c(C(N)=O)c(-c3nccs3)n2C)C2CCC(S(C)(=O)=O)CC2)ccc1F. The Kier molecular flexibility index (Phi) is 7.57. The number of hydrogen-bond acceptors (Lipinski definition) is 7. The molecule has 0 unspecified atom stereocenters. The summed E-state index contributed by atoms with van der Waals surface area (Å²) in [7, 11) is -1.68. The summed E-state index contributed by atoms with van der Waals surface area (Å²) in [5.41, 5.74) is 7.02. The van der Waals surface area contributed by atoms with Gasteiger partial charge in [0.05, 0.1) is 22.2 Å². The fraction of sp³-hybridized carbons (Fsp3) is 0.385. The summed E-state index contributed by atoms with van der Waals surface area (Å²) < 4.78 is 39.7. The summed E-state index contributed by atoms with van der Waals surface area (Å²) in [6.07, 6.45) is 4.15. The minimum absolute atomic E-state index is 0.00246. The molecule has 1 fully saturated rings. The van der Waals surface area contributed by atoms with Crippen LogP contribution in [-0.2, 0) is 21.7 Å². The maximum atomic E-state index is 14.1. The molecule has 3 aromatic rings. The molecule has 0 aliphatic heterocycles. The van der Waals surface area contributed by atoms with Crippen LogP contribution in [0.15, 0.2) is 29.8 Å². The molecule has 1 aliphatic rings. The zero-order chi connectivity index (χ0) is 27.9. The quantitative estimate of drug-likeness (QED) is 0.347. The fourth-order valence-corrected chi connectivity index (χ4v) is 7.11. The van der Waals surface area contributed by atoms with Crippen LogP contribution in [0.3, 0.4) is 0 Å². The van der Waals surface area contributed by atoms with Crippen molar-refractivity contribution in [2.45, 2.75) is 50.8 Å². The maximum absolute atomic E-state index is 14.1. The van der Waals surface area contributed by atoms with E-state index in [9.17, 15) is 27.2 Å². The van der Waals surface area contributed by atoms with E-state index in [0.29, 0.717) is 47.6 Å². The van der Waals surface area contributed by atoms with E-state index >= 15 is 0 Å². The zero-order valence-corrected chi connectivity index (χ0v) is 23.2. The van der Waals surface area contributed by atoms with Crippen molar-refractivity contribution in [3.05, 3.63) is 58.0 Å². The Labute approximate surface area is 224 Å². The molecule has 2 N–H and O–H groups in total. The molecule has 0 radical (unpaired) electrons. The van der Waals surface area contributed by atoms with Gasteiger partial charge in [0.1, 0.15) is 20.7 Å². The molecule has 202 valence electrons. The van der Waals surface area contributed by atoms with E-state index in [1.165, 1.54) is 45.3 Å². The van der Waals surface area contributed by atoms with E-state index in [4.69, 9.17) is 5.73 Å². The molecule has 1 saturated carbocycles. The Morgan fingerprint density at radius 3 is 2.34 bits per heavy atom. The molecule has 12 heteroatoms. The Balaban J connectivity index is 1.78. The van der Waals surface area contributed by atoms with E-state index in [0.717, 1.165) is 0 Å². The lowest BCUT2D eigenvalue weighted by Crippen LogP contribution is -2.47. The topological polar surface area (TPSA) is 132 Å². The molecule has 1 aromatic carbocycles. The highest BCUT2D eigenvalue weighted by Gasteiger charge is 2.38. The lowest BCUT2D eigenvalue weighted by Gasteiger charge is -2.36. The van der Waals surface area contributed by atoms with Crippen LogP contribution in [0.4, 0.5) is 10.1 Å². The molecule has 4 rings (SSSR count). The highest BCUT2D eigenvalue weighted by molar-refractivity contribution is 7.91. The van der Waals surface area contributed by atoms with Gasteiger partial charge in [-0.15, -0.1) is 11.3 Å². The van der Waals surface area contributed by atoms with Gasteiger partial charge in [-0.05, 0) is 68.9 Å². The number of rotatable bonds is 7. The molecular weight excluding hydrogens is 531 g/mol. The van der Waals surface area contributed by atoms with Crippen LogP contribution in [0.2, 0.25) is 0 Å². The number of thiazole rings is 1. The van der Waals surface area contributed by atoms with Crippen LogP contribution in [0, 0.1) is 19.7 Å². The van der Waals surface area contributed by atoms with Crippen molar-refractivity contribution in [3.63, 3.8) is 0 Å². The number of halogens is 1. The molecule has 0 saturated heterocycles. The summed E-state index contributed by atoms with van der Waals surface area (Å²) >= 11 is 1.26. The van der Waals surface area contributed by atoms with E-state index < -0.39 is 44.5 Å². The second-order valence-electron chi connectivity index (χ2n) is 9.66. The van der Waals surface area contributed by atoms with Gasteiger partial charge >= 0.3 is 5.91 Å². The summed E-state index contributed by atoms with van der Waals surface area (Å²) in [6, 6.07) is 3.70. The molecule has 2 aromatic heterocycles. The number of hydrogen-bond donors (Lipinski definition) is 1. The van der Waals surface area contributed by atoms with Crippen molar-refractivity contribution in [3.8, 4) is 10.7 Å². The summed E-state index contributed by atoms with van der Waals surface area (Å²) in [4.78, 5) is 45.7. The lowest BCUT2D eigenvalue weighted by molar-refractivity contribution is -0.115. The van der Waals surface area contributed by atoms with Gasteiger partial charge < -0.3 is 15.2 Å². The van der Waals surface area contributed by atoms with E-state index in [2.05, 4.69) is 4.98 Å². The molecular formula is C26H29FN4O5S2. The van der Waals surface area contributed by atoms with Gasteiger partial charge in [-0.2, -0.15) is 0 Å². The standard InChI is InChI=1S/C26H29FN4O5S2/c1-14-13-17(7-10-19(14)27)31(16-5-8-18(9-6-16)38(4,35)36)26(34)23(32)21-15(2)20(24(28)33)22(30(21)3)25-29-11-12-37-25/h7,10-13,16,18H,5-6,8-9H2,1-4H3,(H2,28,33). The highest BCUT2D eigenvalue weighted by Crippen LogP contribution is 2.35. The summed E-state index contributed by atoms with van der Waals surface area (Å²) in [6.45, 7) is 3.12. The minimum Gasteiger partial charge on any atom is -0.366 e. The zero-order valence-electron chi connectivity index (χ0n) is 21.5. The largest absolute Gasteiger partial charge is 0.366 e. The van der Waals surface area contributed by atoms with Crippen LogP contribution < -0.4 is 10.6 Å². The second-order valence-corrected chi connectivity index (χ2v) is 12.9. The van der Waals surface area contributed by atoms with Crippen LogP contribution in [-0.4, -0.2) is 53.1 Å². The molecule has 9 nitrogen and oxygen atoms in total. The van der Waals surface area contributed by atoms with Crippen LogP contribution >= 0.6 is 11.3 Å². The third-order valence-corrected chi connectivity index (χ3v) is 9.64. The lowest BCUT2D eigenvalue weighted by atomic mass is 9.92. The number of sulfone groups is 1.